The van der Waals surface area contributed by atoms with Crippen LogP contribution in [0.1, 0.15) is 50.6 Å². The van der Waals surface area contributed by atoms with Crippen molar-refractivity contribution in [1.82, 2.24) is 4.90 Å². The van der Waals surface area contributed by atoms with Gasteiger partial charge in [-0.2, -0.15) is 0 Å². The summed E-state index contributed by atoms with van der Waals surface area (Å²) in [6.07, 6.45) is 6.27. The van der Waals surface area contributed by atoms with Crippen molar-refractivity contribution in [3.63, 3.8) is 0 Å². The second kappa shape index (κ2) is 6.19. The zero-order valence-electron chi connectivity index (χ0n) is 11.0. The highest BCUT2D eigenvalue weighted by Gasteiger charge is 2.19. The molecule has 100 valence electrons. The number of phenols is 1. The number of hydrogen-bond donors (Lipinski definition) is 1. The first-order valence-corrected chi connectivity index (χ1v) is 6.91. The van der Waals surface area contributed by atoms with E-state index in [1.165, 1.54) is 50.3 Å². The number of likely N-dealkylation sites (tertiary alicyclic amines) is 1. The van der Waals surface area contributed by atoms with Crippen LogP contribution in [0, 0.1) is 5.82 Å². The van der Waals surface area contributed by atoms with Crippen LogP contribution in [0.2, 0.25) is 0 Å². The van der Waals surface area contributed by atoms with E-state index in [1.807, 2.05) is 0 Å². The Morgan fingerprint density at radius 1 is 1.11 bits per heavy atom. The first-order chi connectivity index (χ1) is 8.68. The van der Waals surface area contributed by atoms with Crippen LogP contribution in [0.25, 0.3) is 0 Å². The topological polar surface area (TPSA) is 23.5 Å². The number of phenolic OH excluding ortho intramolecular Hbond substituents is 1. The number of hydrogen-bond acceptors (Lipinski definition) is 2. The first kappa shape index (κ1) is 13.3. The molecule has 1 fully saturated rings. The molecule has 18 heavy (non-hydrogen) atoms. The average molecular weight is 251 g/mol. The van der Waals surface area contributed by atoms with Gasteiger partial charge in [0.2, 0.25) is 0 Å². The molecule has 1 unspecified atom stereocenters. The van der Waals surface area contributed by atoms with Crippen LogP contribution in [-0.2, 0) is 0 Å². The zero-order valence-corrected chi connectivity index (χ0v) is 11.0. The van der Waals surface area contributed by atoms with Crippen LogP contribution in [-0.4, -0.2) is 23.1 Å². The van der Waals surface area contributed by atoms with Crippen LogP contribution in [0.4, 0.5) is 4.39 Å². The molecule has 0 amide bonds. The number of halogens is 1. The predicted octanol–water partition coefficient (Wildman–Crippen LogP) is 3.86. The van der Waals surface area contributed by atoms with Crippen LogP contribution >= 0.6 is 0 Å². The molecule has 0 radical (unpaired) electrons. The van der Waals surface area contributed by atoms with Crippen molar-refractivity contribution in [2.45, 2.75) is 45.1 Å². The van der Waals surface area contributed by atoms with Crippen molar-refractivity contribution in [2.75, 3.05) is 13.1 Å². The number of nitrogens with zero attached hydrogens (tertiary/aromatic N) is 1. The van der Waals surface area contributed by atoms with E-state index in [1.54, 1.807) is 0 Å². The molecule has 1 heterocycles. The molecule has 0 spiro atoms. The molecule has 1 atom stereocenters. The molecule has 0 saturated carbocycles. The number of benzene rings is 1. The maximum Gasteiger partial charge on any atom is 0.123 e. The van der Waals surface area contributed by atoms with E-state index >= 15 is 0 Å². The van der Waals surface area contributed by atoms with Gasteiger partial charge in [0, 0.05) is 11.6 Å². The van der Waals surface area contributed by atoms with Gasteiger partial charge < -0.3 is 5.11 Å². The lowest BCUT2D eigenvalue weighted by Crippen LogP contribution is -2.30. The number of aromatic hydroxyl groups is 1. The Morgan fingerprint density at radius 3 is 2.39 bits per heavy atom. The Labute approximate surface area is 108 Å². The fourth-order valence-corrected chi connectivity index (χ4v) is 2.72. The van der Waals surface area contributed by atoms with Gasteiger partial charge in [0.25, 0.3) is 0 Å². The predicted molar refractivity (Wildman–Crippen MR) is 71.1 cm³/mol. The summed E-state index contributed by atoms with van der Waals surface area (Å²) in [5, 5.41) is 9.87. The largest absolute Gasteiger partial charge is 0.508 e. The second-order valence-electron chi connectivity index (χ2n) is 5.18. The average Bonchev–Trinajstić information content (AvgIpc) is 2.31. The quantitative estimate of drug-likeness (QED) is 0.862. The van der Waals surface area contributed by atoms with Gasteiger partial charge >= 0.3 is 0 Å². The minimum Gasteiger partial charge on any atom is -0.508 e. The van der Waals surface area contributed by atoms with Crippen molar-refractivity contribution in [2.24, 2.45) is 0 Å². The summed E-state index contributed by atoms with van der Waals surface area (Å²) in [5.74, 6) is -0.0762. The van der Waals surface area contributed by atoms with Gasteiger partial charge in [-0.15, -0.1) is 0 Å². The molecule has 3 heteroatoms. The SMILES string of the molecule is CC(c1cc(F)ccc1O)N1CCCCCCC1. The molecular formula is C15H22FNO. The van der Waals surface area contributed by atoms with E-state index in [2.05, 4.69) is 11.8 Å². The lowest BCUT2D eigenvalue weighted by atomic mass is 10.0. The van der Waals surface area contributed by atoms with Crippen molar-refractivity contribution in [3.8, 4) is 5.75 Å². The summed E-state index contributed by atoms with van der Waals surface area (Å²) < 4.78 is 13.3. The number of rotatable bonds is 2. The molecule has 1 aliphatic heterocycles. The summed E-state index contributed by atoms with van der Waals surface area (Å²) in [6.45, 7) is 4.13. The maximum absolute atomic E-state index is 13.3. The summed E-state index contributed by atoms with van der Waals surface area (Å²) in [6, 6.07) is 4.29. The third-order valence-corrected chi connectivity index (χ3v) is 3.88. The van der Waals surface area contributed by atoms with Gasteiger partial charge in [0.1, 0.15) is 11.6 Å². The van der Waals surface area contributed by atoms with Crippen molar-refractivity contribution < 1.29 is 9.50 Å². The first-order valence-electron chi connectivity index (χ1n) is 6.91. The summed E-state index contributed by atoms with van der Waals surface area (Å²) >= 11 is 0. The van der Waals surface area contributed by atoms with E-state index in [-0.39, 0.29) is 17.6 Å². The Balaban J connectivity index is 2.12. The third kappa shape index (κ3) is 3.22. The molecule has 1 aromatic carbocycles. The smallest absolute Gasteiger partial charge is 0.123 e. The Hall–Kier alpha value is -1.09. The maximum atomic E-state index is 13.3. The molecule has 0 aliphatic carbocycles. The molecule has 1 N–H and O–H groups in total. The van der Waals surface area contributed by atoms with Gasteiger partial charge in [0.05, 0.1) is 0 Å². The Bertz CT molecular complexity index is 386. The standard InChI is InChI=1S/C15H22FNO/c1-12(14-11-13(16)7-8-15(14)18)17-9-5-3-2-4-6-10-17/h7-8,11-12,18H,2-6,9-10H2,1H3. The minimum absolute atomic E-state index is 0.0822. The van der Waals surface area contributed by atoms with E-state index < -0.39 is 0 Å². The minimum atomic E-state index is -0.276. The fourth-order valence-electron chi connectivity index (χ4n) is 2.72. The van der Waals surface area contributed by atoms with Crippen LogP contribution in [0.15, 0.2) is 18.2 Å². The van der Waals surface area contributed by atoms with E-state index in [0.717, 1.165) is 13.1 Å². The van der Waals surface area contributed by atoms with Crippen LogP contribution < -0.4 is 0 Å². The molecular weight excluding hydrogens is 229 g/mol. The van der Waals surface area contributed by atoms with Crippen molar-refractivity contribution >= 4 is 0 Å². The normalized spacial score (nSPS) is 20.1. The molecule has 2 nitrogen and oxygen atoms in total. The molecule has 2 rings (SSSR count). The Morgan fingerprint density at radius 2 is 1.72 bits per heavy atom. The molecule has 0 bridgehead atoms. The molecule has 1 aliphatic rings. The highest BCUT2D eigenvalue weighted by molar-refractivity contribution is 5.34. The Kier molecular flexibility index (Phi) is 4.59. The van der Waals surface area contributed by atoms with Gasteiger partial charge in [-0.3, -0.25) is 4.90 Å². The molecule has 1 saturated heterocycles. The molecule has 1 aromatic rings. The summed E-state index contributed by atoms with van der Waals surface area (Å²) in [5.41, 5.74) is 0.704. The monoisotopic (exact) mass is 251 g/mol. The van der Waals surface area contributed by atoms with Crippen LogP contribution in [0.5, 0.6) is 5.75 Å². The highest BCUT2D eigenvalue weighted by atomic mass is 19.1. The van der Waals surface area contributed by atoms with Crippen LogP contribution in [0.3, 0.4) is 0 Å². The molecule has 0 aromatic heterocycles. The van der Waals surface area contributed by atoms with E-state index in [0.29, 0.717) is 5.56 Å². The third-order valence-electron chi connectivity index (χ3n) is 3.88. The lowest BCUT2D eigenvalue weighted by molar-refractivity contribution is 0.188. The van der Waals surface area contributed by atoms with E-state index in [4.69, 9.17) is 0 Å². The van der Waals surface area contributed by atoms with Crippen molar-refractivity contribution in [1.29, 1.82) is 0 Å². The van der Waals surface area contributed by atoms with Crippen molar-refractivity contribution in [3.05, 3.63) is 29.6 Å². The zero-order chi connectivity index (χ0) is 13.0. The fraction of sp³-hybridized carbons (Fsp3) is 0.600. The summed E-state index contributed by atoms with van der Waals surface area (Å²) in [4.78, 5) is 2.35. The van der Waals surface area contributed by atoms with Gasteiger partial charge in [-0.1, -0.05) is 19.3 Å². The van der Waals surface area contributed by atoms with Gasteiger partial charge in [0.15, 0.2) is 0 Å². The van der Waals surface area contributed by atoms with E-state index in [9.17, 15) is 9.50 Å². The van der Waals surface area contributed by atoms with Gasteiger partial charge in [-0.05, 0) is 51.1 Å². The lowest BCUT2D eigenvalue weighted by Gasteiger charge is -2.31. The second-order valence-corrected chi connectivity index (χ2v) is 5.18. The highest BCUT2D eigenvalue weighted by Crippen LogP contribution is 2.30. The summed E-state index contributed by atoms with van der Waals surface area (Å²) in [7, 11) is 0. The van der Waals surface area contributed by atoms with Gasteiger partial charge in [-0.25, -0.2) is 4.39 Å².